The Morgan fingerprint density at radius 1 is 1.29 bits per heavy atom. The van der Waals surface area contributed by atoms with Crippen LogP contribution in [0.5, 0.6) is 11.5 Å². The molecule has 7 heteroatoms. The van der Waals surface area contributed by atoms with Crippen LogP contribution in [0.1, 0.15) is 11.1 Å². The monoisotopic (exact) mass is 407 g/mol. The second-order valence-corrected chi connectivity index (χ2v) is 6.02. The average Bonchev–Trinajstić information content (AvgIpc) is 2.61. The van der Waals surface area contributed by atoms with Crippen molar-refractivity contribution in [3.63, 3.8) is 0 Å². The number of rotatable bonds is 6. The lowest BCUT2D eigenvalue weighted by Gasteiger charge is -2.13. The molecule has 0 radical (unpaired) electrons. The van der Waals surface area contributed by atoms with Gasteiger partial charge in [0.15, 0.2) is 16.6 Å². The lowest BCUT2D eigenvalue weighted by molar-refractivity contribution is 0.282. The molecule has 5 nitrogen and oxygen atoms in total. The lowest BCUT2D eigenvalue weighted by atomic mass is 10.2. The fourth-order valence-corrected chi connectivity index (χ4v) is 2.53. The third kappa shape index (κ3) is 5.21. The minimum Gasteiger partial charge on any atom is -0.493 e. The molecule has 0 unspecified atom stereocenters. The minimum absolute atomic E-state index is 0.445. The molecule has 0 aromatic heterocycles. The molecule has 0 aliphatic heterocycles. The van der Waals surface area contributed by atoms with Crippen LogP contribution < -0.4 is 20.2 Å². The fourth-order valence-electron chi connectivity index (χ4n) is 1.91. The van der Waals surface area contributed by atoms with E-state index in [-0.39, 0.29) is 0 Å². The summed E-state index contributed by atoms with van der Waals surface area (Å²) in [5, 5.41) is 7.28. The molecule has 0 aliphatic carbocycles. The van der Waals surface area contributed by atoms with Gasteiger partial charge in [-0.1, -0.05) is 30.3 Å². The number of methoxy groups -OCH3 is 1. The largest absolute Gasteiger partial charge is 0.493 e. The van der Waals surface area contributed by atoms with Crippen molar-refractivity contribution in [3.8, 4) is 11.5 Å². The van der Waals surface area contributed by atoms with Crippen LogP contribution in [-0.4, -0.2) is 25.5 Å². The standard InChI is InChI=1S/C17H18BrN3O2S/c1-19-17(24)21-20-10-13-8-14(18)16(15(9-13)22-2)23-11-12-6-4-3-5-7-12/h3-10H,11H2,1-2H3,(H2,19,21,24)/b20-10-. The molecule has 2 aromatic rings. The Labute approximate surface area is 155 Å². The first-order chi connectivity index (χ1) is 11.6. The lowest BCUT2D eigenvalue weighted by Crippen LogP contribution is -2.28. The highest BCUT2D eigenvalue weighted by Crippen LogP contribution is 2.36. The Morgan fingerprint density at radius 2 is 2.04 bits per heavy atom. The molecule has 0 fully saturated rings. The van der Waals surface area contributed by atoms with Crippen molar-refractivity contribution in [2.45, 2.75) is 6.61 Å². The van der Waals surface area contributed by atoms with Gasteiger partial charge in [0.2, 0.25) is 0 Å². The van der Waals surface area contributed by atoms with E-state index >= 15 is 0 Å². The summed E-state index contributed by atoms with van der Waals surface area (Å²) in [7, 11) is 3.33. The van der Waals surface area contributed by atoms with Crippen LogP contribution in [0.2, 0.25) is 0 Å². The van der Waals surface area contributed by atoms with E-state index in [0.717, 1.165) is 15.6 Å². The number of nitrogens with zero attached hydrogens (tertiary/aromatic N) is 1. The summed E-state index contributed by atoms with van der Waals surface area (Å²) in [4.78, 5) is 0. The minimum atomic E-state index is 0.445. The number of ether oxygens (including phenoxy) is 2. The maximum atomic E-state index is 5.90. The van der Waals surface area contributed by atoms with Gasteiger partial charge in [-0.2, -0.15) is 5.10 Å². The van der Waals surface area contributed by atoms with E-state index in [9.17, 15) is 0 Å². The van der Waals surface area contributed by atoms with Crippen LogP contribution >= 0.6 is 28.1 Å². The van der Waals surface area contributed by atoms with E-state index in [1.165, 1.54) is 0 Å². The molecule has 0 atom stereocenters. The van der Waals surface area contributed by atoms with Gasteiger partial charge in [0, 0.05) is 7.05 Å². The zero-order valence-electron chi connectivity index (χ0n) is 13.4. The van der Waals surface area contributed by atoms with Gasteiger partial charge in [0.05, 0.1) is 17.8 Å². The molecular formula is C17H18BrN3O2S. The maximum absolute atomic E-state index is 5.90. The van der Waals surface area contributed by atoms with Crippen molar-refractivity contribution in [1.29, 1.82) is 0 Å². The molecule has 0 aliphatic rings. The van der Waals surface area contributed by atoms with Gasteiger partial charge < -0.3 is 14.8 Å². The smallest absolute Gasteiger partial charge is 0.186 e. The van der Waals surface area contributed by atoms with Gasteiger partial charge in [-0.15, -0.1) is 0 Å². The molecule has 0 saturated heterocycles. The first kappa shape index (κ1) is 18.2. The van der Waals surface area contributed by atoms with Crippen molar-refractivity contribution < 1.29 is 9.47 Å². The van der Waals surface area contributed by atoms with Crippen LogP contribution in [-0.2, 0) is 6.61 Å². The molecule has 0 spiro atoms. The topological polar surface area (TPSA) is 54.9 Å². The highest BCUT2D eigenvalue weighted by Gasteiger charge is 2.11. The first-order valence-electron chi connectivity index (χ1n) is 7.19. The van der Waals surface area contributed by atoms with Crippen molar-refractivity contribution in [3.05, 3.63) is 58.1 Å². The zero-order chi connectivity index (χ0) is 17.4. The van der Waals surface area contributed by atoms with E-state index in [1.807, 2.05) is 42.5 Å². The molecule has 2 N–H and O–H groups in total. The molecule has 0 saturated carbocycles. The van der Waals surface area contributed by atoms with E-state index in [4.69, 9.17) is 21.7 Å². The molecule has 126 valence electrons. The highest BCUT2D eigenvalue weighted by molar-refractivity contribution is 9.10. The quantitative estimate of drug-likeness (QED) is 0.436. The predicted molar refractivity (Wildman–Crippen MR) is 104 cm³/mol. The van der Waals surface area contributed by atoms with Crippen LogP contribution in [0.25, 0.3) is 0 Å². The molecular weight excluding hydrogens is 390 g/mol. The van der Waals surface area contributed by atoms with E-state index in [1.54, 1.807) is 20.4 Å². The summed E-state index contributed by atoms with van der Waals surface area (Å²) in [6, 6.07) is 13.7. The van der Waals surface area contributed by atoms with Gasteiger partial charge in [-0.05, 0) is 51.4 Å². The zero-order valence-corrected chi connectivity index (χ0v) is 15.8. The highest BCUT2D eigenvalue weighted by atomic mass is 79.9. The summed E-state index contributed by atoms with van der Waals surface area (Å²) in [6.07, 6.45) is 1.65. The number of hydrogen-bond donors (Lipinski definition) is 2. The van der Waals surface area contributed by atoms with E-state index in [2.05, 4.69) is 31.8 Å². The Bertz CT molecular complexity index is 723. The van der Waals surface area contributed by atoms with Crippen LogP contribution in [0.4, 0.5) is 0 Å². The molecule has 0 heterocycles. The number of benzene rings is 2. The Kier molecular flexibility index (Phi) is 7.02. The Morgan fingerprint density at radius 3 is 2.71 bits per heavy atom. The molecule has 0 bridgehead atoms. The first-order valence-corrected chi connectivity index (χ1v) is 8.39. The maximum Gasteiger partial charge on any atom is 0.186 e. The summed E-state index contributed by atoms with van der Waals surface area (Å²) in [6.45, 7) is 0.460. The van der Waals surface area contributed by atoms with Crippen LogP contribution in [0.3, 0.4) is 0 Å². The van der Waals surface area contributed by atoms with Gasteiger partial charge >= 0.3 is 0 Å². The Balaban J connectivity index is 2.13. The second-order valence-electron chi connectivity index (χ2n) is 4.76. The summed E-state index contributed by atoms with van der Waals surface area (Å²) >= 11 is 8.48. The van der Waals surface area contributed by atoms with E-state index < -0.39 is 0 Å². The fraction of sp³-hybridized carbons (Fsp3) is 0.176. The van der Waals surface area contributed by atoms with Crippen LogP contribution in [0, 0.1) is 0 Å². The molecule has 2 aromatic carbocycles. The third-order valence-corrected chi connectivity index (χ3v) is 3.97. The SMILES string of the molecule is CNC(=S)N/N=C\c1cc(Br)c(OCc2ccccc2)c(OC)c1. The number of nitrogens with one attached hydrogen (secondary N) is 2. The normalized spacial score (nSPS) is 10.5. The summed E-state index contributed by atoms with van der Waals surface area (Å²) < 4.78 is 12.1. The van der Waals surface area contributed by atoms with Crippen molar-refractivity contribution in [1.82, 2.24) is 10.7 Å². The average molecular weight is 408 g/mol. The molecule has 24 heavy (non-hydrogen) atoms. The van der Waals surface area contributed by atoms with Gasteiger partial charge in [-0.25, -0.2) is 0 Å². The van der Waals surface area contributed by atoms with Crippen molar-refractivity contribution in [2.24, 2.45) is 5.10 Å². The summed E-state index contributed by atoms with van der Waals surface area (Å²) in [5.41, 5.74) is 4.63. The van der Waals surface area contributed by atoms with E-state index in [0.29, 0.717) is 23.2 Å². The van der Waals surface area contributed by atoms with Gasteiger partial charge in [0.25, 0.3) is 0 Å². The Hall–Kier alpha value is -2.12. The second kappa shape index (κ2) is 9.24. The molecule has 0 amide bonds. The number of hydrogen-bond acceptors (Lipinski definition) is 4. The van der Waals surface area contributed by atoms with Crippen molar-refractivity contribution >= 4 is 39.5 Å². The van der Waals surface area contributed by atoms with Gasteiger partial charge in [0.1, 0.15) is 6.61 Å². The number of thiocarbonyl (C=S) groups is 1. The summed E-state index contributed by atoms with van der Waals surface area (Å²) in [5.74, 6) is 1.27. The predicted octanol–water partition coefficient (Wildman–Crippen LogP) is 3.46. The third-order valence-electron chi connectivity index (χ3n) is 3.08. The van der Waals surface area contributed by atoms with Crippen LogP contribution in [0.15, 0.2) is 52.0 Å². The number of hydrazone groups is 1. The van der Waals surface area contributed by atoms with Gasteiger partial charge in [-0.3, -0.25) is 5.43 Å². The number of halogens is 1. The van der Waals surface area contributed by atoms with Crippen molar-refractivity contribution in [2.75, 3.05) is 14.2 Å². The molecule has 2 rings (SSSR count).